The number of aromatic nitrogens is 2. The van der Waals surface area contributed by atoms with Crippen molar-refractivity contribution in [2.45, 2.75) is 22.8 Å². The van der Waals surface area contributed by atoms with Gasteiger partial charge in [-0.1, -0.05) is 18.2 Å². The van der Waals surface area contributed by atoms with Crippen LogP contribution >= 0.6 is 0 Å². The topological polar surface area (TPSA) is 78.0 Å². The SMILES string of the molecule is NCCCn1cc(S(=O)(=O)c2ccccc2)c2cccnc21. The van der Waals surface area contributed by atoms with Crippen molar-refractivity contribution in [1.29, 1.82) is 0 Å². The molecule has 6 heteroatoms. The first-order valence-electron chi connectivity index (χ1n) is 7.08. The van der Waals surface area contributed by atoms with E-state index < -0.39 is 9.84 Å². The van der Waals surface area contributed by atoms with Crippen molar-refractivity contribution in [3.8, 4) is 0 Å². The molecule has 0 spiro atoms. The van der Waals surface area contributed by atoms with Crippen LogP contribution in [-0.4, -0.2) is 24.5 Å². The maximum absolute atomic E-state index is 12.9. The van der Waals surface area contributed by atoms with Gasteiger partial charge in [-0.05, 0) is 37.2 Å². The fourth-order valence-electron chi connectivity index (χ4n) is 2.46. The Morgan fingerprint density at radius 3 is 2.59 bits per heavy atom. The molecule has 1 aromatic carbocycles. The Balaban J connectivity index is 2.19. The summed E-state index contributed by atoms with van der Waals surface area (Å²) < 4.78 is 27.6. The molecule has 3 rings (SSSR count). The molecule has 2 aromatic heterocycles. The average Bonchev–Trinajstić information content (AvgIpc) is 2.93. The van der Waals surface area contributed by atoms with Crippen molar-refractivity contribution in [2.75, 3.05) is 6.54 Å². The van der Waals surface area contributed by atoms with Crippen LogP contribution in [0.3, 0.4) is 0 Å². The predicted molar refractivity (Wildman–Crippen MR) is 85.3 cm³/mol. The molecule has 0 aliphatic rings. The molecule has 0 bridgehead atoms. The van der Waals surface area contributed by atoms with Gasteiger partial charge in [-0.25, -0.2) is 13.4 Å². The molecule has 3 aromatic rings. The van der Waals surface area contributed by atoms with E-state index in [1.54, 1.807) is 54.9 Å². The van der Waals surface area contributed by atoms with Crippen LogP contribution < -0.4 is 5.73 Å². The molecular formula is C16H17N3O2S. The average molecular weight is 315 g/mol. The zero-order valence-corrected chi connectivity index (χ0v) is 12.8. The summed E-state index contributed by atoms with van der Waals surface area (Å²) in [7, 11) is -3.56. The highest BCUT2D eigenvalue weighted by atomic mass is 32.2. The molecule has 2 heterocycles. The number of hydrogen-bond acceptors (Lipinski definition) is 4. The van der Waals surface area contributed by atoms with Gasteiger partial charge < -0.3 is 10.3 Å². The normalized spacial score (nSPS) is 11.9. The molecule has 0 amide bonds. The number of sulfone groups is 1. The Morgan fingerprint density at radius 2 is 1.86 bits per heavy atom. The van der Waals surface area contributed by atoms with Crippen LogP contribution in [0.25, 0.3) is 11.0 Å². The molecule has 0 aliphatic heterocycles. The molecule has 0 fully saturated rings. The van der Waals surface area contributed by atoms with Crippen LogP contribution in [0.15, 0.2) is 64.6 Å². The zero-order valence-electron chi connectivity index (χ0n) is 12.0. The van der Waals surface area contributed by atoms with E-state index in [1.807, 2.05) is 4.57 Å². The second-order valence-electron chi connectivity index (χ2n) is 5.02. The van der Waals surface area contributed by atoms with E-state index in [2.05, 4.69) is 4.98 Å². The number of nitrogens with two attached hydrogens (primary N) is 1. The van der Waals surface area contributed by atoms with Gasteiger partial charge in [0.1, 0.15) is 5.65 Å². The summed E-state index contributed by atoms with van der Waals surface area (Å²) in [6.07, 6.45) is 4.10. The monoisotopic (exact) mass is 315 g/mol. The van der Waals surface area contributed by atoms with Gasteiger partial charge in [0.2, 0.25) is 9.84 Å². The summed E-state index contributed by atoms with van der Waals surface area (Å²) in [5, 5.41) is 0.642. The van der Waals surface area contributed by atoms with Gasteiger partial charge in [0, 0.05) is 24.3 Å². The smallest absolute Gasteiger partial charge is 0.208 e. The number of pyridine rings is 1. The number of aryl methyl sites for hydroxylation is 1. The minimum Gasteiger partial charge on any atom is -0.331 e. The highest BCUT2D eigenvalue weighted by Crippen LogP contribution is 2.29. The first-order chi connectivity index (χ1) is 10.6. The zero-order chi connectivity index (χ0) is 15.6. The molecule has 0 unspecified atom stereocenters. The van der Waals surface area contributed by atoms with E-state index in [0.29, 0.717) is 29.0 Å². The first kappa shape index (κ1) is 14.7. The second-order valence-corrected chi connectivity index (χ2v) is 6.94. The first-order valence-corrected chi connectivity index (χ1v) is 8.57. The van der Waals surface area contributed by atoms with E-state index in [9.17, 15) is 8.42 Å². The van der Waals surface area contributed by atoms with E-state index in [0.717, 1.165) is 6.42 Å². The molecular weight excluding hydrogens is 298 g/mol. The lowest BCUT2D eigenvalue weighted by atomic mass is 10.3. The summed E-state index contributed by atoms with van der Waals surface area (Å²) in [6, 6.07) is 12.0. The molecule has 0 saturated carbocycles. The standard InChI is InChI=1S/C16H17N3O2S/c17-9-5-11-19-12-15(14-8-4-10-18-16(14)19)22(20,21)13-6-2-1-3-7-13/h1-4,6-8,10,12H,5,9,11,17H2. The number of nitrogens with zero attached hydrogens (tertiary/aromatic N) is 2. The van der Waals surface area contributed by atoms with Crippen molar-refractivity contribution < 1.29 is 8.42 Å². The third-order valence-corrected chi connectivity index (χ3v) is 5.34. The van der Waals surface area contributed by atoms with E-state index in [4.69, 9.17) is 5.73 Å². The van der Waals surface area contributed by atoms with E-state index in [-0.39, 0.29) is 4.90 Å². The highest BCUT2D eigenvalue weighted by molar-refractivity contribution is 7.91. The Bertz CT molecular complexity index is 886. The highest BCUT2D eigenvalue weighted by Gasteiger charge is 2.23. The second kappa shape index (κ2) is 5.90. The van der Waals surface area contributed by atoms with Gasteiger partial charge >= 0.3 is 0 Å². The Morgan fingerprint density at radius 1 is 1.09 bits per heavy atom. The lowest BCUT2D eigenvalue weighted by Crippen LogP contribution is -2.05. The molecule has 0 saturated heterocycles. The number of fused-ring (bicyclic) bond motifs is 1. The van der Waals surface area contributed by atoms with Crippen molar-refractivity contribution in [2.24, 2.45) is 5.73 Å². The third-order valence-electron chi connectivity index (χ3n) is 3.54. The Hall–Kier alpha value is -2.18. The summed E-state index contributed by atoms with van der Waals surface area (Å²) in [6.45, 7) is 1.20. The van der Waals surface area contributed by atoms with Gasteiger partial charge in [0.25, 0.3) is 0 Å². The van der Waals surface area contributed by atoms with E-state index in [1.165, 1.54) is 0 Å². The lowest BCUT2D eigenvalue weighted by molar-refractivity contribution is 0.595. The van der Waals surface area contributed by atoms with Gasteiger partial charge in [-0.2, -0.15) is 0 Å². The lowest BCUT2D eigenvalue weighted by Gasteiger charge is -2.02. The Kier molecular flexibility index (Phi) is 3.96. The van der Waals surface area contributed by atoms with Crippen LogP contribution in [0.5, 0.6) is 0 Å². The summed E-state index contributed by atoms with van der Waals surface area (Å²) >= 11 is 0. The van der Waals surface area contributed by atoms with E-state index >= 15 is 0 Å². The molecule has 0 radical (unpaired) electrons. The molecule has 5 nitrogen and oxygen atoms in total. The van der Waals surface area contributed by atoms with Gasteiger partial charge in [0.05, 0.1) is 9.79 Å². The predicted octanol–water partition coefficient (Wildman–Crippen LogP) is 2.22. The molecule has 0 aliphatic carbocycles. The summed E-state index contributed by atoms with van der Waals surface area (Å²) in [5.74, 6) is 0. The van der Waals surface area contributed by atoms with Gasteiger partial charge in [-0.15, -0.1) is 0 Å². The molecule has 0 atom stereocenters. The van der Waals surface area contributed by atoms with Crippen molar-refractivity contribution >= 4 is 20.9 Å². The van der Waals surface area contributed by atoms with Crippen LogP contribution in [0.1, 0.15) is 6.42 Å². The molecule has 2 N–H and O–H groups in total. The largest absolute Gasteiger partial charge is 0.331 e. The maximum Gasteiger partial charge on any atom is 0.208 e. The fourth-order valence-corrected chi connectivity index (χ4v) is 3.95. The quantitative estimate of drug-likeness (QED) is 0.783. The fraction of sp³-hybridized carbons (Fsp3) is 0.188. The molecule has 22 heavy (non-hydrogen) atoms. The van der Waals surface area contributed by atoms with Crippen LogP contribution in [0.2, 0.25) is 0 Å². The van der Waals surface area contributed by atoms with Crippen LogP contribution in [0.4, 0.5) is 0 Å². The molecule has 114 valence electrons. The number of hydrogen-bond donors (Lipinski definition) is 1. The van der Waals surface area contributed by atoms with Crippen LogP contribution in [-0.2, 0) is 16.4 Å². The minimum absolute atomic E-state index is 0.289. The van der Waals surface area contributed by atoms with Crippen molar-refractivity contribution in [3.63, 3.8) is 0 Å². The van der Waals surface area contributed by atoms with Crippen molar-refractivity contribution in [1.82, 2.24) is 9.55 Å². The summed E-state index contributed by atoms with van der Waals surface area (Å²) in [4.78, 5) is 4.90. The third kappa shape index (κ3) is 2.51. The minimum atomic E-state index is -3.56. The maximum atomic E-state index is 12.9. The number of rotatable bonds is 5. The van der Waals surface area contributed by atoms with Gasteiger partial charge in [0.15, 0.2) is 0 Å². The Labute approximate surface area is 129 Å². The van der Waals surface area contributed by atoms with Gasteiger partial charge in [-0.3, -0.25) is 0 Å². The van der Waals surface area contributed by atoms with Crippen LogP contribution in [0, 0.1) is 0 Å². The number of benzene rings is 1. The summed E-state index contributed by atoms with van der Waals surface area (Å²) in [5.41, 5.74) is 6.22. The van der Waals surface area contributed by atoms with Crippen molar-refractivity contribution in [3.05, 3.63) is 54.9 Å².